The van der Waals surface area contributed by atoms with Crippen LogP contribution in [0.1, 0.15) is 70.1 Å². The zero-order valence-electron chi connectivity index (χ0n) is 13.4. The summed E-state index contributed by atoms with van der Waals surface area (Å²) in [6.45, 7) is 5.55. The van der Waals surface area contributed by atoms with E-state index in [0.717, 1.165) is 37.5 Å². The zero-order chi connectivity index (χ0) is 14.9. The van der Waals surface area contributed by atoms with Crippen molar-refractivity contribution >= 4 is 0 Å². The van der Waals surface area contributed by atoms with Crippen molar-refractivity contribution in [3.8, 4) is 0 Å². The molecular weight excluding hydrogens is 266 g/mol. The molecule has 5 heteroatoms. The van der Waals surface area contributed by atoms with Gasteiger partial charge in [0.25, 0.3) is 0 Å². The largest absolute Gasteiger partial charge is 0.370 e. The Morgan fingerprint density at radius 1 is 1.29 bits per heavy atom. The van der Waals surface area contributed by atoms with Crippen molar-refractivity contribution in [3.63, 3.8) is 0 Å². The molecule has 118 valence electrons. The molecule has 0 aromatic carbocycles. The Morgan fingerprint density at radius 3 is 2.86 bits per heavy atom. The lowest BCUT2D eigenvalue weighted by molar-refractivity contribution is -0.0658. The van der Waals surface area contributed by atoms with Crippen LogP contribution in [0, 0.1) is 11.8 Å². The van der Waals surface area contributed by atoms with E-state index in [9.17, 15) is 0 Å². The zero-order valence-corrected chi connectivity index (χ0v) is 13.4. The molecule has 21 heavy (non-hydrogen) atoms. The lowest BCUT2D eigenvalue weighted by atomic mass is 9.78. The Hall–Kier alpha value is -0.940. The molecule has 2 fully saturated rings. The molecule has 1 aromatic rings. The predicted octanol–water partition coefficient (Wildman–Crippen LogP) is 3.18. The van der Waals surface area contributed by atoms with Crippen LogP contribution in [0.2, 0.25) is 0 Å². The van der Waals surface area contributed by atoms with E-state index in [1.807, 2.05) is 0 Å². The van der Waals surface area contributed by atoms with Gasteiger partial charge in [-0.05, 0) is 50.5 Å². The fourth-order valence-electron chi connectivity index (χ4n) is 3.91. The molecule has 1 saturated heterocycles. The summed E-state index contributed by atoms with van der Waals surface area (Å²) in [6.07, 6.45) is 6.82. The van der Waals surface area contributed by atoms with Crippen molar-refractivity contribution in [2.75, 3.05) is 13.7 Å². The molecule has 1 N–H and O–H groups in total. The van der Waals surface area contributed by atoms with Gasteiger partial charge < -0.3 is 14.6 Å². The Labute approximate surface area is 126 Å². The number of piperidine rings is 1. The summed E-state index contributed by atoms with van der Waals surface area (Å²) in [4.78, 5) is 4.72. The molecule has 1 aliphatic carbocycles. The smallest absolute Gasteiger partial charge is 0.244 e. The minimum Gasteiger partial charge on any atom is -0.370 e. The maximum atomic E-state index is 5.86. The van der Waals surface area contributed by atoms with Crippen LogP contribution >= 0.6 is 0 Å². The lowest BCUT2D eigenvalue weighted by Gasteiger charge is -2.36. The second-order valence-electron chi connectivity index (χ2n) is 6.91. The van der Waals surface area contributed by atoms with E-state index in [-0.39, 0.29) is 11.6 Å². The molecular formula is C16H27N3O2. The van der Waals surface area contributed by atoms with Crippen molar-refractivity contribution in [2.45, 2.75) is 64.0 Å². The number of aromatic nitrogens is 2. The predicted molar refractivity (Wildman–Crippen MR) is 79.8 cm³/mol. The van der Waals surface area contributed by atoms with Gasteiger partial charge in [-0.2, -0.15) is 4.98 Å². The standard InChI is InChI=1S/C16H27N3O2/c1-11-6-4-8-16(10-11,20-3)15-18-14(21-19-15)13-12(2)7-5-9-17-13/h11-13,17H,4-10H2,1-3H3. The summed E-state index contributed by atoms with van der Waals surface area (Å²) in [6, 6.07) is 0.190. The topological polar surface area (TPSA) is 60.2 Å². The SMILES string of the molecule is COC1(c2noc(C3NCCCC3C)n2)CCCC(C)C1. The minimum absolute atomic E-state index is 0.190. The van der Waals surface area contributed by atoms with Gasteiger partial charge in [-0.1, -0.05) is 25.4 Å². The third kappa shape index (κ3) is 2.86. The second-order valence-corrected chi connectivity index (χ2v) is 6.91. The van der Waals surface area contributed by atoms with Crippen molar-refractivity contribution in [2.24, 2.45) is 11.8 Å². The first-order valence-corrected chi connectivity index (χ1v) is 8.27. The highest BCUT2D eigenvalue weighted by Crippen LogP contribution is 2.41. The van der Waals surface area contributed by atoms with E-state index < -0.39 is 0 Å². The molecule has 1 aromatic heterocycles. The number of hydrogen-bond acceptors (Lipinski definition) is 5. The van der Waals surface area contributed by atoms with E-state index >= 15 is 0 Å². The van der Waals surface area contributed by atoms with Gasteiger partial charge in [0, 0.05) is 7.11 Å². The van der Waals surface area contributed by atoms with Crippen LogP contribution in [0.5, 0.6) is 0 Å². The monoisotopic (exact) mass is 293 g/mol. The van der Waals surface area contributed by atoms with Gasteiger partial charge in [0.15, 0.2) is 0 Å². The quantitative estimate of drug-likeness (QED) is 0.927. The van der Waals surface area contributed by atoms with Gasteiger partial charge in [-0.25, -0.2) is 0 Å². The highest BCUT2D eigenvalue weighted by atomic mass is 16.5. The molecule has 0 amide bonds. The second kappa shape index (κ2) is 6.05. The lowest BCUT2D eigenvalue weighted by Crippen LogP contribution is -2.36. The molecule has 1 aliphatic heterocycles. The first-order chi connectivity index (χ1) is 10.1. The van der Waals surface area contributed by atoms with Gasteiger partial charge in [0.1, 0.15) is 5.60 Å². The fourth-order valence-corrected chi connectivity index (χ4v) is 3.91. The molecule has 2 heterocycles. The number of ether oxygens (including phenoxy) is 1. The summed E-state index contributed by atoms with van der Waals surface area (Å²) < 4.78 is 11.4. The van der Waals surface area contributed by atoms with Crippen molar-refractivity contribution < 1.29 is 9.26 Å². The first kappa shape index (κ1) is 15.0. The third-order valence-electron chi connectivity index (χ3n) is 5.23. The van der Waals surface area contributed by atoms with Crippen molar-refractivity contribution in [1.29, 1.82) is 0 Å². The third-order valence-corrected chi connectivity index (χ3v) is 5.23. The van der Waals surface area contributed by atoms with E-state index in [0.29, 0.717) is 11.8 Å². The summed E-state index contributed by atoms with van der Waals surface area (Å²) in [7, 11) is 1.77. The van der Waals surface area contributed by atoms with E-state index in [2.05, 4.69) is 24.3 Å². The van der Waals surface area contributed by atoms with E-state index in [4.69, 9.17) is 14.2 Å². The van der Waals surface area contributed by atoms with Crippen molar-refractivity contribution in [1.82, 2.24) is 15.5 Å². The first-order valence-electron chi connectivity index (χ1n) is 8.27. The van der Waals surface area contributed by atoms with Crippen molar-refractivity contribution in [3.05, 3.63) is 11.7 Å². The van der Waals surface area contributed by atoms with Gasteiger partial charge >= 0.3 is 0 Å². The fraction of sp³-hybridized carbons (Fsp3) is 0.875. The van der Waals surface area contributed by atoms with Gasteiger partial charge in [0.05, 0.1) is 6.04 Å². The molecule has 1 saturated carbocycles. The van der Waals surface area contributed by atoms with Gasteiger partial charge in [0.2, 0.25) is 11.7 Å². The van der Waals surface area contributed by atoms with Gasteiger partial charge in [-0.15, -0.1) is 0 Å². The van der Waals surface area contributed by atoms with Crippen LogP contribution in [-0.4, -0.2) is 23.8 Å². The molecule has 0 spiro atoms. The molecule has 4 atom stereocenters. The maximum absolute atomic E-state index is 5.86. The number of methoxy groups -OCH3 is 1. The summed E-state index contributed by atoms with van der Waals surface area (Å²) >= 11 is 0. The summed E-state index contributed by atoms with van der Waals surface area (Å²) in [5.74, 6) is 2.65. The molecule has 3 rings (SSSR count). The van der Waals surface area contributed by atoms with E-state index in [1.165, 1.54) is 19.3 Å². The van der Waals surface area contributed by atoms with E-state index in [1.54, 1.807) is 7.11 Å². The van der Waals surface area contributed by atoms with Crippen LogP contribution < -0.4 is 5.32 Å². The molecule has 4 unspecified atom stereocenters. The average Bonchev–Trinajstić information content (AvgIpc) is 2.98. The number of nitrogens with zero attached hydrogens (tertiary/aromatic N) is 2. The molecule has 5 nitrogen and oxygen atoms in total. The van der Waals surface area contributed by atoms with Crippen LogP contribution in [0.4, 0.5) is 0 Å². The highest BCUT2D eigenvalue weighted by Gasteiger charge is 2.41. The Morgan fingerprint density at radius 2 is 2.14 bits per heavy atom. The Bertz CT molecular complexity index is 476. The average molecular weight is 293 g/mol. The van der Waals surface area contributed by atoms with Gasteiger partial charge in [-0.3, -0.25) is 0 Å². The number of rotatable bonds is 3. The Balaban J connectivity index is 1.82. The molecule has 2 aliphatic rings. The Kier molecular flexibility index (Phi) is 4.31. The normalized spacial score (nSPS) is 37.6. The molecule has 0 bridgehead atoms. The van der Waals surface area contributed by atoms with Crippen LogP contribution in [0.3, 0.4) is 0 Å². The van der Waals surface area contributed by atoms with Crippen LogP contribution in [0.25, 0.3) is 0 Å². The highest BCUT2D eigenvalue weighted by molar-refractivity contribution is 5.06. The molecule has 0 radical (unpaired) electrons. The number of nitrogens with one attached hydrogen (secondary N) is 1. The summed E-state index contributed by atoms with van der Waals surface area (Å²) in [5.41, 5.74) is -0.350. The summed E-state index contributed by atoms with van der Waals surface area (Å²) in [5, 5.41) is 7.78. The van der Waals surface area contributed by atoms with Crippen LogP contribution in [0.15, 0.2) is 4.52 Å². The number of hydrogen-bond donors (Lipinski definition) is 1. The minimum atomic E-state index is -0.350. The maximum Gasteiger partial charge on any atom is 0.244 e. The van der Waals surface area contributed by atoms with Crippen LogP contribution in [-0.2, 0) is 10.3 Å².